The molecule has 0 heterocycles. The van der Waals surface area contributed by atoms with Gasteiger partial charge in [-0.2, -0.15) is 0 Å². The molecule has 0 aliphatic rings. The Labute approximate surface area is 315 Å². The fraction of sp³-hybridized carbons (Fsp3) is 0.884. The van der Waals surface area contributed by atoms with Crippen LogP contribution in [0.5, 0.6) is 0 Å². The number of hydrogen-bond acceptors (Lipinski definition) is 5. The molecule has 8 nitrogen and oxygen atoms in total. The average molecular weight is 720 g/mol. The van der Waals surface area contributed by atoms with Crippen molar-refractivity contribution in [2.24, 2.45) is 17.4 Å². The van der Waals surface area contributed by atoms with Crippen LogP contribution in [-0.4, -0.2) is 49.9 Å². The van der Waals surface area contributed by atoms with Crippen molar-refractivity contribution in [1.29, 1.82) is 0 Å². The molecule has 0 rings (SSSR count). The molecule has 8 heteroatoms. The first-order chi connectivity index (χ1) is 25.0. The number of nitrogens with one attached hydrogen (secondary N) is 3. The summed E-state index contributed by atoms with van der Waals surface area (Å²) in [6.45, 7) is 6.31. The summed E-state index contributed by atoms with van der Waals surface area (Å²) in [6, 6.07) is -0.662. The van der Waals surface area contributed by atoms with Crippen molar-refractivity contribution in [2.75, 3.05) is 26.2 Å². The van der Waals surface area contributed by atoms with E-state index in [4.69, 9.17) is 11.5 Å². The molecule has 0 saturated carbocycles. The van der Waals surface area contributed by atoms with Crippen LogP contribution >= 0.6 is 0 Å². The molecule has 1 unspecified atom stereocenters. The first-order valence-electron chi connectivity index (χ1n) is 21.9. The number of carbonyl (C=O) groups excluding carboxylic acids is 3. The lowest BCUT2D eigenvalue weighted by molar-refractivity contribution is -0.138. The van der Waals surface area contributed by atoms with E-state index in [9.17, 15) is 14.4 Å². The quantitative estimate of drug-likeness (QED) is 0.0245. The van der Waals surface area contributed by atoms with E-state index in [0.717, 1.165) is 44.9 Å². The van der Waals surface area contributed by atoms with E-state index in [1.54, 1.807) is 0 Å². The van der Waals surface area contributed by atoms with E-state index in [0.29, 0.717) is 39.0 Å². The molecule has 0 aliphatic carbocycles. The second-order valence-electron chi connectivity index (χ2n) is 14.9. The molecule has 7 N–H and O–H groups in total. The van der Waals surface area contributed by atoms with Crippen LogP contribution in [0.3, 0.4) is 0 Å². The Bertz CT molecular complexity index is 821. The average Bonchev–Trinajstić information content (AvgIpc) is 3.13. The summed E-state index contributed by atoms with van der Waals surface area (Å²) in [5, 5.41) is 8.80. The van der Waals surface area contributed by atoms with Gasteiger partial charge < -0.3 is 27.4 Å². The smallest absolute Gasteiger partial charge is 0.242 e. The molecule has 3 amide bonds. The largest absolute Gasteiger partial charge is 0.354 e. The Balaban J connectivity index is 4.47. The van der Waals surface area contributed by atoms with Crippen molar-refractivity contribution in [2.45, 2.75) is 213 Å². The highest BCUT2D eigenvalue weighted by Gasteiger charge is 2.29. The Morgan fingerprint density at radius 2 is 0.882 bits per heavy atom. The lowest BCUT2D eigenvalue weighted by Gasteiger charge is -2.22. The Kier molecular flexibility index (Phi) is 37.8. The summed E-state index contributed by atoms with van der Waals surface area (Å²) < 4.78 is 0. The minimum absolute atomic E-state index is 0.167. The lowest BCUT2D eigenvalue weighted by Crippen LogP contribution is -2.51. The fourth-order valence-electron chi connectivity index (χ4n) is 6.63. The van der Waals surface area contributed by atoms with E-state index in [1.807, 2.05) is 0 Å². The van der Waals surface area contributed by atoms with E-state index >= 15 is 0 Å². The molecule has 0 aromatic carbocycles. The number of carbonyl (C=O) groups is 3. The Morgan fingerprint density at radius 3 is 1.37 bits per heavy atom. The van der Waals surface area contributed by atoms with E-state index < -0.39 is 12.0 Å². The topological polar surface area (TPSA) is 139 Å². The van der Waals surface area contributed by atoms with Crippen LogP contribution in [0.4, 0.5) is 0 Å². The van der Waals surface area contributed by atoms with Crippen LogP contribution in [0, 0.1) is 5.92 Å². The number of amides is 3. The maximum atomic E-state index is 13.4. The predicted octanol–water partition coefficient (Wildman–Crippen LogP) is 9.54. The zero-order valence-corrected chi connectivity index (χ0v) is 33.7. The molecule has 0 aromatic heterocycles. The van der Waals surface area contributed by atoms with Crippen molar-refractivity contribution in [3.8, 4) is 0 Å². The minimum atomic E-state index is -0.819. The number of allylic oxidation sites excluding steroid dienone is 2. The highest BCUT2D eigenvalue weighted by molar-refractivity contribution is 6.01. The maximum Gasteiger partial charge on any atom is 0.242 e. The van der Waals surface area contributed by atoms with Crippen molar-refractivity contribution in [3.63, 3.8) is 0 Å². The number of hydrogen-bond donors (Lipinski definition) is 5. The summed E-state index contributed by atoms with van der Waals surface area (Å²) in [6.07, 6.45) is 39.4. The summed E-state index contributed by atoms with van der Waals surface area (Å²) >= 11 is 0. The third-order valence-electron chi connectivity index (χ3n) is 9.99. The van der Waals surface area contributed by atoms with Crippen LogP contribution < -0.4 is 27.4 Å². The van der Waals surface area contributed by atoms with Gasteiger partial charge in [0.1, 0.15) is 12.0 Å². The standard InChI is InChI=1S/C43H85N5O3/c1-3-5-7-9-11-13-15-17-18-19-20-22-24-26-28-32-37-46-43(51)40(34-30-31-35-44)48-42(50)39(41(49)47-38-36-45)33-29-27-25-23-21-16-14-12-10-8-6-4-2/h17-18,39-40H,3-16,19-38,44-45H2,1-2H3,(H,46,51)(H,47,49)(H,48,50)/b18-17-/t39?,40-/m0/s1. The first-order valence-corrected chi connectivity index (χ1v) is 21.9. The molecule has 0 bridgehead atoms. The van der Waals surface area contributed by atoms with E-state index in [-0.39, 0.29) is 17.7 Å². The second kappa shape index (κ2) is 39.3. The van der Waals surface area contributed by atoms with Crippen LogP contribution in [-0.2, 0) is 14.4 Å². The summed E-state index contributed by atoms with van der Waals surface area (Å²) in [7, 11) is 0. The molecule has 51 heavy (non-hydrogen) atoms. The summed E-state index contributed by atoms with van der Waals surface area (Å²) in [5.41, 5.74) is 11.3. The van der Waals surface area contributed by atoms with Gasteiger partial charge in [0.05, 0.1) is 0 Å². The number of rotatable bonds is 39. The molecule has 300 valence electrons. The monoisotopic (exact) mass is 720 g/mol. The fourth-order valence-corrected chi connectivity index (χ4v) is 6.63. The molecular weight excluding hydrogens is 635 g/mol. The molecule has 0 saturated heterocycles. The van der Waals surface area contributed by atoms with Gasteiger partial charge in [-0.25, -0.2) is 0 Å². The SMILES string of the molecule is CCCCCCCC/C=C\CCCCCCCCNC(=O)[C@H](CCCCN)NC(=O)C(CCCCCCCCCCCCCC)C(=O)NCCN. The summed E-state index contributed by atoms with van der Waals surface area (Å²) in [5.74, 6) is -1.65. The van der Waals surface area contributed by atoms with Crippen LogP contribution in [0.25, 0.3) is 0 Å². The molecular formula is C43H85N5O3. The van der Waals surface area contributed by atoms with Crippen LogP contribution in [0.2, 0.25) is 0 Å². The second-order valence-corrected chi connectivity index (χ2v) is 14.9. The van der Waals surface area contributed by atoms with Gasteiger partial charge in [-0.15, -0.1) is 0 Å². The molecule has 0 spiro atoms. The van der Waals surface area contributed by atoms with Gasteiger partial charge in [0.15, 0.2) is 0 Å². The number of unbranched alkanes of at least 4 members (excludes halogenated alkanes) is 24. The third-order valence-corrected chi connectivity index (χ3v) is 9.99. The Hall–Kier alpha value is -1.93. The minimum Gasteiger partial charge on any atom is -0.354 e. The Morgan fingerprint density at radius 1 is 0.451 bits per heavy atom. The normalized spacial score (nSPS) is 12.6. The van der Waals surface area contributed by atoms with E-state index in [1.165, 1.54) is 135 Å². The number of nitrogens with two attached hydrogens (primary N) is 2. The predicted molar refractivity (Wildman–Crippen MR) is 219 cm³/mol. The van der Waals surface area contributed by atoms with E-state index in [2.05, 4.69) is 41.9 Å². The molecule has 0 aliphatic heterocycles. The zero-order chi connectivity index (χ0) is 37.5. The van der Waals surface area contributed by atoms with Crippen molar-refractivity contribution >= 4 is 17.7 Å². The lowest BCUT2D eigenvalue weighted by atomic mass is 9.97. The highest BCUT2D eigenvalue weighted by atomic mass is 16.2. The van der Waals surface area contributed by atoms with Gasteiger partial charge >= 0.3 is 0 Å². The van der Waals surface area contributed by atoms with Gasteiger partial charge in [-0.3, -0.25) is 14.4 Å². The summed E-state index contributed by atoms with van der Waals surface area (Å²) in [4.78, 5) is 39.6. The van der Waals surface area contributed by atoms with Crippen LogP contribution in [0.1, 0.15) is 206 Å². The van der Waals surface area contributed by atoms with Gasteiger partial charge in [-0.05, 0) is 64.3 Å². The van der Waals surface area contributed by atoms with Crippen LogP contribution in [0.15, 0.2) is 12.2 Å². The molecule has 2 atom stereocenters. The highest BCUT2D eigenvalue weighted by Crippen LogP contribution is 2.16. The zero-order valence-electron chi connectivity index (χ0n) is 33.7. The molecule has 0 fully saturated rings. The van der Waals surface area contributed by atoms with Gasteiger partial charge in [0.2, 0.25) is 17.7 Å². The van der Waals surface area contributed by atoms with Gasteiger partial charge in [-0.1, -0.05) is 161 Å². The third kappa shape index (κ3) is 32.5. The van der Waals surface area contributed by atoms with Crippen molar-refractivity contribution < 1.29 is 14.4 Å². The van der Waals surface area contributed by atoms with Crippen molar-refractivity contribution in [1.82, 2.24) is 16.0 Å². The molecule has 0 radical (unpaired) electrons. The maximum absolute atomic E-state index is 13.4. The first kappa shape index (κ1) is 49.1. The van der Waals surface area contributed by atoms with Gasteiger partial charge in [0.25, 0.3) is 0 Å². The molecule has 0 aromatic rings. The van der Waals surface area contributed by atoms with Crippen molar-refractivity contribution in [3.05, 3.63) is 12.2 Å². The van der Waals surface area contributed by atoms with Gasteiger partial charge in [0, 0.05) is 19.6 Å².